The Morgan fingerprint density at radius 1 is 1.29 bits per heavy atom. The number of ether oxygens (including phenoxy) is 1. The van der Waals surface area contributed by atoms with E-state index in [0.717, 1.165) is 13.1 Å². The van der Waals surface area contributed by atoms with Crippen LogP contribution >= 0.6 is 0 Å². The number of hydrogen-bond donors (Lipinski definition) is 1. The van der Waals surface area contributed by atoms with Crippen molar-refractivity contribution in [3.63, 3.8) is 0 Å². The predicted octanol–water partition coefficient (Wildman–Crippen LogP) is 3.42. The average molecular weight is 292 g/mol. The van der Waals surface area contributed by atoms with Gasteiger partial charge in [-0.25, -0.2) is 4.79 Å². The topological polar surface area (TPSA) is 41.6 Å². The van der Waals surface area contributed by atoms with Crippen molar-refractivity contribution < 1.29 is 9.53 Å². The second-order valence-electron chi connectivity index (χ2n) is 6.28. The first-order chi connectivity index (χ1) is 9.81. The van der Waals surface area contributed by atoms with Gasteiger partial charge in [0.1, 0.15) is 5.60 Å². The quantitative estimate of drug-likeness (QED) is 0.873. The standard InChI is InChI=1S/C17H28N2O2/c1-6-19(13-15-10-8-7-9-11-15)14(2)12-18-16(20)21-17(3,4)5/h7-11,14H,6,12-13H2,1-5H3,(H,18,20)/t14-/m0/s1. The van der Waals surface area contributed by atoms with E-state index in [9.17, 15) is 4.79 Å². The summed E-state index contributed by atoms with van der Waals surface area (Å²) in [5.74, 6) is 0. The predicted molar refractivity (Wildman–Crippen MR) is 86.2 cm³/mol. The molecule has 4 heteroatoms. The van der Waals surface area contributed by atoms with Crippen molar-refractivity contribution in [2.24, 2.45) is 0 Å². The fraction of sp³-hybridized carbons (Fsp3) is 0.588. The minimum atomic E-state index is -0.457. The molecule has 0 radical (unpaired) electrons. The molecule has 0 aromatic heterocycles. The lowest BCUT2D eigenvalue weighted by Crippen LogP contribution is -2.43. The zero-order valence-electron chi connectivity index (χ0n) is 13.8. The number of likely N-dealkylation sites (N-methyl/N-ethyl adjacent to an activating group) is 1. The third-order valence-corrected chi connectivity index (χ3v) is 3.20. The fourth-order valence-corrected chi connectivity index (χ4v) is 2.07. The van der Waals surface area contributed by atoms with Crippen LogP contribution in [0.4, 0.5) is 4.79 Å². The SMILES string of the molecule is CCN(Cc1ccccc1)[C@@H](C)CNC(=O)OC(C)(C)C. The maximum atomic E-state index is 11.7. The smallest absolute Gasteiger partial charge is 0.407 e. The first kappa shape index (κ1) is 17.5. The molecule has 1 aromatic rings. The van der Waals surface area contributed by atoms with Crippen LogP contribution in [-0.4, -0.2) is 35.7 Å². The Hall–Kier alpha value is -1.55. The van der Waals surface area contributed by atoms with Gasteiger partial charge in [0, 0.05) is 19.1 Å². The molecule has 0 fully saturated rings. The Bertz CT molecular complexity index is 426. The lowest BCUT2D eigenvalue weighted by atomic mass is 10.2. The zero-order chi connectivity index (χ0) is 15.9. The summed E-state index contributed by atoms with van der Waals surface area (Å²) < 4.78 is 5.25. The highest BCUT2D eigenvalue weighted by molar-refractivity contribution is 5.67. The minimum absolute atomic E-state index is 0.253. The van der Waals surface area contributed by atoms with Crippen molar-refractivity contribution in [1.29, 1.82) is 0 Å². The van der Waals surface area contributed by atoms with Crippen molar-refractivity contribution >= 4 is 6.09 Å². The molecule has 0 bridgehead atoms. The van der Waals surface area contributed by atoms with Gasteiger partial charge in [0.05, 0.1) is 0 Å². The number of nitrogens with zero attached hydrogens (tertiary/aromatic N) is 1. The van der Waals surface area contributed by atoms with E-state index >= 15 is 0 Å². The number of nitrogens with one attached hydrogen (secondary N) is 1. The lowest BCUT2D eigenvalue weighted by Gasteiger charge is -2.28. The lowest BCUT2D eigenvalue weighted by molar-refractivity contribution is 0.0509. The van der Waals surface area contributed by atoms with Crippen LogP contribution in [0.2, 0.25) is 0 Å². The van der Waals surface area contributed by atoms with Crippen molar-refractivity contribution in [3.05, 3.63) is 35.9 Å². The molecular weight excluding hydrogens is 264 g/mol. The number of alkyl carbamates (subject to hydrolysis) is 1. The van der Waals surface area contributed by atoms with Crippen LogP contribution in [-0.2, 0) is 11.3 Å². The van der Waals surface area contributed by atoms with E-state index in [1.807, 2.05) is 39.0 Å². The number of carbonyl (C=O) groups is 1. The van der Waals surface area contributed by atoms with Crippen LogP contribution in [0.3, 0.4) is 0 Å². The van der Waals surface area contributed by atoms with Gasteiger partial charge in [-0.3, -0.25) is 4.90 Å². The zero-order valence-corrected chi connectivity index (χ0v) is 13.8. The number of rotatable bonds is 6. The molecule has 0 unspecified atom stereocenters. The Labute approximate surface area is 128 Å². The molecule has 1 atom stereocenters. The number of hydrogen-bond acceptors (Lipinski definition) is 3. The maximum absolute atomic E-state index is 11.7. The molecule has 0 saturated heterocycles. The highest BCUT2D eigenvalue weighted by atomic mass is 16.6. The summed E-state index contributed by atoms with van der Waals surface area (Å²) in [6.07, 6.45) is -0.356. The van der Waals surface area contributed by atoms with Gasteiger partial charge in [-0.1, -0.05) is 37.3 Å². The van der Waals surface area contributed by atoms with E-state index in [-0.39, 0.29) is 12.1 Å². The second-order valence-corrected chi connectivity index (χ2v) is 6.28. The Morgan fingerprint density at radius 2 is 1.90 bits per heavy atom. The second kappa shape index (κ2) is 8.03. The molecule has 4 nitrogen and oxygen atoms in total. The number of benzene rings is 1. The van der Waals surface area contributed by atoms with Gasteiger partial charge in [0.25, 0.3) is 0 Å². The molecule has 0 aliphatic carbocycles. The van der Waals surface area contributed by atoms with Gasteiger partial charge in [-0.15, -0.1) is 0 Å². The molecular formula is C17H28N2O2. The van der Waals surface area contributed by atoms with Crippen molar-refractivity contribution in [2.75, 3.05) is 13.1 Å². The first-order valence-electron chi connectivity index (χ1n) is 7.56. The van der Waals surface area contributed by atoms with E-state index < -0.39 is 5.60 Å². The van der Waals surface area contributed by atoms with E-state index in [2.05, 4.69) is 36.2 Å². The molecule has 1 N–H and O–H groups in total. The molecule has 0 aliphatic rings. The summed E-state index contributed by atoms with van der Waals surface area (Å²) in [6.45, 7) is 12.2. The van der Waals surface area contributed by atoms with Crippen LogP contribution in [0.5, 0.6) is 0 Å². The summed E-state index contributed by atoms with van der Waals surface area (Å²) in [4.78, 5) is 14.0. The summed E-state index contributed by atoms with van der Waals surface area (Å²) in [5.41, 5.74) is 0.824. The molecule has 0 heterocycles. The Morgan fingerprint density at radius 3 is 2.43 bits per heavy atom. The number of amides is 1. The molecule has 1 amide bonds. The molecule has 118 valence electrons. The van der Waals surface area contributed by atoms with E-state index in [4.69, 9.17) is 4.74 Å². The van der Waals surface area contributed by atoms with Crippen LogP contribution < -0.4 is 5.32 Å². The summed E-state index contributed by atoms with van der Waals surface area (Å²) in [5, 5.41) is 2.84. The van der Waals surface area contributed by atoms with Gasteiger partial charge in [0.15, 0.2) is 0 Å². The first-order valence-corrected chi connectivity index (χ1v) is 7.56. The highest BCUT2D eigenvalue weighted by Gasteiger charge is 2.18. The van der Waals surface area contributed by atoms with E-state index in [0.29, 0.717) is 6.54 Å². The maximum Gasteiger partial charge on any atom is 0.407 e. The molecule has 0 saturated carbocycles. The van der Waals surface area contributed by atoms with Crippen LogP contribution in [0.1, 0.15) is 40.2 Å². The molecule has 1 aromatic carbocycles. The van der Waals surface area contributed by atoms with E-state index in [1.165, 1.54) is 5.56 Å². The third-order valence-electron chi connectivity index (χ3n) is 3.20. The van der Waals surface area contributed by atoms with Gasteiger partial charge >= 0.3 is 6.09 Å². The van der Waals surface area contributed by atoms with Crippen molar-refractivity contribution in [3.8, 4) is 0 Å². The van der Waals surface area contributed by atoms with Gasteiger partial charge < -0.3 is 10.1 Å². The summed E-state index contributed by atoms with van der Waals surface area (Å²) in [7, 11) is 0. The van der Waals surface area contributed by atoms with Crippen molar-refractivity contribution in [2.45, 2.75) is 52.8 Å². The average Bonchev–Trinajstić information content (AvgIpc) is 2.41. The minimum Gasteiger partial charge on any atom is -0.444 e. The van der Waals surface area contributed by atoms with Crippen LogP contribution in [0.15, 0.2) is 30.3 Å². The Balaban J connectivity index is 2.45. The molecule has 21 heavy (non-hydrogen) atoms. The number of carbonyl (C=O) groups excluding carboxylic acids is 1. The third kappa shape index (κ3) is 7.14. The molecule has 0 aliphatic heterocycles. The summed E-state index contributed by atoms with van der Waals surface area (Å²) >= 11 is 0. The normalized spacial score (nSPS) is 13.0. The highest BCUT2D eigenvalue weighted by Crippen LogP contribution is 2.09. The van der Waals surface area contributed by atoms with Gasteiger partial charge in [-0.05, 0) is 39.8 Å². The molecule has 1 rings (SSSR count). The van der Waals surface area contributed by atoms with E-state index in [1.54, 1.807) is 0 Å². The van der Waals surface area contributed by atoms with Crippen molar-refractivity contribution in [1.82, 2.24) is 10.2 Å². The fourth-order valence-electron chi connectivity index (χ4n) is 2.07. The largest absolute Gasteiger partial charge is 0.444 e. The van der Waals surface area contributed by atoms with Gasteiger partial charge in [-0.2, -0.15) is 0 Å². The van der Waals surface area contributed by atoms with Gasteiger partial charge in [0.2, 0.25) is 0 Å². The van der Waals surface area contributed by atoms with Crippen LogP contribution in [0, 0.1) is 0 Å². The molecule has 0 spiro atoms. The monoisotopic (exact) mass is 292 g/mol. The Kier molecular flexibility index (Phi) is 6.69. The van der Waals surface area contributed by atoms with Crippen LogP contribution in [0.25, 0.3) is 0 Å². The summed E-state index contributed by atoms with van der Waals surface area (Å²) in [6, 6.07) is 10.6.